The Hall–Kier alpha value is -1.32. The van der Waals surface area contributed by atoms with Crippen molar-refractivity contribution in [3.05, 3.63) is 52.0 Å². The molecule has 2 heterocycles. The van der Waals surface area contributed by atoms with Crippen LogP contribution in [0, 0.1) is 6.92 Å². The highest BCUT2D eigenvalue weighted by Gasteiger charge is 2.17. The predicted molar refractivity (Wildman–Crippen MR) is 87.0 cm³/mol. The van der Waals surface area contributed by atoms with E-state index in [1.54, 1.807) is 11.3 Å². The summed E-state index contributed by atoms with van der Waals surface area (Å²) in [4.78, 5) is 4.81. The summed E-state index contributed by atoms with van der Waals surface area (Å²) in [5, 5.41) is 4.33. The summed E-state index contributed by atoms with van der Waals surface area (Å²) in [5.74, 6) is 1.67. The van der Waals surface area contributed by atoms with Gasteiger partial charge in [0.15, 0.2) is 0 Å². The third-order valence-electron chi connectivity index (χ3n) is 3.73. The monoisotopic (exact) mass is 304 g/mol. The summed E-state index contributed by atoms with van der Waals surface area (Å²) in [7, 11) is 0. The number of fused-ring (bicyclic) bond motifs is 1. The van der Waals surface area contributed by atoms with Crippen molar-refractivity contribution in [3.8, 4) is 0 Å². The Bertz CT molecular complexity index is 715. The van der Waals surface area contributed by atoms with E-state index < -0.39 is 0 Å². The zero-order chi connectivity index (χ0) is 14.1. The zero-order valence-corrected chi connectivity index (χ0v) is 13.2. The topological polar surface area (TPSA) is 17.8 Å². The normalized spacial score (nSPS) is 12.9. The second-order valence-electron chi connectivity index (χ2n) is 5.01. The summed E-state index contributed by atoms with van der Waals surface area (Å²) in [6, 6.07) is 8.82. The Labute approximate surface area is 128 Å². The molecule has 2 aromatic heterocycles. The van der Waals surface area contributed by atoms with Crippen molar-refractivity contribution >= 4 is 34.0 Å². The first-order valence-electron chi connectivity index (χ1n) is 6.77. The van der Waals surface area contributed by atoms with Crippen LogP contribution in [0.3, 0.4) is 0 Å². The summed E-state index contributed by atoms with van der Waals surface area (Å²) in [5.41, 5.74) is 4.83. The van der Waals surface area contributed by atoms with Gasteiger partial charge >= 0.3 is 0 Å². The smallest absolute Gasteiger partial charge is 0.111 e. The van der Waals surface area contributed by atoms with E-state index in [-0.39, 0.29) is 6.04 Å². The van der Waals surface area contributed by atoms with Gasteiger partial charge in [-0.05, 0) is 47.9 Å². The molecule has 0 amide bonds. The van der Waals surface area contributed by atoms with Gasteiger partial charge in [0.2, 0.25) is 0 Å². The van der Waals surface area contributed by atoms with E-state index in [2.05, 4.69) is 53.4 Å². The fraction of sp³-hybridized carbons (Fsp3) is 0.312. The summed E-state index contributed by atoms with van der Waals surface area (Å²) in [6.07, 6.45) is 0.796. The number of alkyl halides is 1. The second-order valence-corrected chi connectivity index (χ2v) is 6.17. The van der Waals surface area contributed by atoms with Crippen LogP contribution in [0.2, 0.25) is 0 Å². The zero-order valence-electron chi connectivity index (χ0n) is 11.6. The van der Waals surface area contributed by atoms with E-state index in [4.69, 9.17) is 16.6 Å². The van der Waals surface area contributed by atoms with Crippen LogP contribution in [-0.2, 0) is 6.42 Å². The van der Waals surface area contributed by atoms with Gasteiger partial charge in [-0.1, -0.05) is 12.1 Å². The molecule has 0 fully saturated rings. The molecule has 0 saturated carbocycles. The van der Waals surface area contributed by atoms with Gasteiger partial charge in [0.05, 0.1) is 17.1 Å². The highest BCUT2D eigenvalue weighted by molar-refractivity contribution is 7.07. The number of halogens is 1. The Balaban J connectivity index is 2.21. The Kier molecular flexibility index (Phi) is 3.81. The van der Waals surface area contributed by atoms with E-state index in [1.165, 1.54) is 16.6 Å². The van der Waals surface area contributed by atoms with Gasteiger partial charge in [0.1, 0.15) is 5.82 Å². The molecule has 0 N–H and O–H groups in total. The van der Waals surface area contributed by atoms with Gasteiger partial charge in [-0.15, -0.1) is 11.6 Å². The number of benzene rings is 1. The molecule has 0 spiro atoms. The lowest BCUT2D eigenvalue weighted by molar-refractivity contribution is 0.625. The highest BCUT2D eigenvalue weighted by Crippen LogP contribution is 2.28. The van der Waals surface area contributed by atoms with Crippen molar-refractivity contribution in [2.75, 3.05) is 5.88 Å². The first kappa shape index (κ1) is 13.7. The van der Waals surface area contributed by atoms with E-state index in [9.17, 15) is 0 Å². The molecule has 0 radical (unpaired) electrons. The van der Waals surface area contributed by atoms with Crippen molar-refractivity contribution < 1.29 is 0 Å². The number of imidazole rings is 1. The van der Waals surface area contributed by atoms with E-state index >= 15 is 0 Å². The molecule has 104 valence electrons. The van der Waals surface area contributed by atoms with Crippen molar-refractivity contribution in [1.29, 1.82) is 0 Å². The lowest BCUT2D eigenvalue weighted by Crippen LogP contribution is -2.10. The van der Waals surface area contributed by atoms with Gasteiger partial charge in [-0.3, -0.25) is 0 Å². The molecule has 4 heteroatoms. The van der Waals surface area contributed by atoms with Crippen molar-refractivity contribution in [2.24, 2.45) is 0 Å². The third kappa shape index (κ3) is 2.25. The Morgan fingerprint density at radius 3 is 2.90 bits per heavy atom. The highest BCUT2D eigenvalue weighted by atomic mass is 35.5. The number of nitrogens with zero attached hydrogens (tertiary/aromatic N) is 2. The standard InChI is InChI=1S/C16H17ClN2S/c1-11-4-3-5-14-16(11)18-15(6-8-17)19(14)12(2)13-7-9-20-10-13/h3-5,7,9-10,12H,6,8H2,1-2H3. The van der Waals surface area contributed by atoms with Crippen molar-refractivity contribution in [2.45, 2.75) is 26.3 Å². The minimum absolute atomic E-state index is 0.284. The molecule has 0 saturated heterocycles. The quantitative estimate of drug-likeness (QED) is 0.633. The number of hydrogen-bond donors (Lipinski definition) is 0. The van der Waals surface area contributed by atoms with E-state index in [0.29, 0.717) is 5.88 Å². The maximum absolute atomic E-state index is 5.95. The van der Waals surface area contributed by atoms with Crippen LogP contribution < -0.4 is 0 Å². The number of rotatable bonds is 4. The second kappa shape index (κ2) is 5.58. The fourth-order valence-corrected chi connectivity index (χ4v) is 3.58. The van der Waals surface area contributed by atoms with Gasteiger partial charge in [-0.25, -0.2) is 4.98 Å². The SMILES string of the molecule is Cc1cccc2c1nc(CCCl)n2C(C)c1ccsc1. The van der Waals surface area contributed by atoms with Crippen LogP contribution >= 0.6 is 22.9 Å². The van der Waals surface area contributed by atoms with Gasteiger partial charge < -0.3 is 4.57 Å². The molecule has 1 aromatic carbocycles. The number of aryl methyl sites for hydroxylation is 2. The van der Waals surface area contributed by atoms with Crippen LogP contribution in [0.25, 0.3) is 11.0 Å². The predicted octanol–water partition coefficient (Wildman–Crippen LogP) is 4.80. The minimum atomic E-state index is 0.284. The third-order valence-corrected chi connectivity index (χ3v) is 4.62. The minimum Gasteiger partial charge on any atom is -0.321 e. The first-order valence-corrected chi connectivity index (χ1v) is 8.24. The van der Waals surface area contributed by atoms with Gasteiger partial charge in [0.25, 0.3) is 0 Å². The average Bonchev–Trinajstić information content (AvgIpc) is 3.06. The Morgan fingerprint density at radius 1 is 1.35 bits per heavy atom. The largest absolute Gasteiger partial charge is 0.321 e. The lowest BCUT2D eigenvalue weighted by atomic mass is 10.1. The van der Waals surface area contributed by atoms with Crippen molar-refractivity contribution in [3.63, 3.8) is 0 Å². The summed E-state index contributed by atoms with van der Waals surface area (Å²) in [6.45, 7) is 4.34. The maximum Gasteiger partial charge on any atom is 0.111 e. The molecule has 0 aliphatic rings. The van der Waals surface area contributed by atoms with Crippen LogP contribution in [0.15, 0.2) is 35.0 Å². The molecule has 1 unspecified atom stereocenters. The molecule has 3 aromatic rings. The van der Waals surface area contributed by atoms with Crippen LogP contribution in [0.4, 0.5) is 0 Å². The van der Waals surface area contributed by atoms with E-state index in [1.807, 2.05) is 0 Å². The van der Waals surface area contributed by atoms with Crippen LogP contribution in [0.5, 0.6) is 0 Å². The van der Waals surface area contributed by atoms with E-state index in [0.717, 1.165) is 17.8 Å². The summed E-state index contributed by atoms with van der Waals surface area (Å²) < 4.78 is 2.33. The number of thiophene rings is 1. The average molecular weight is 305 g/mol. The molecule has 3 rings (SSSR count). The molecule has 20 heavy (non-hydrogen) atoms. The van der Waals surface area contributed by atoms with Gasteiger partial charge in [0, 0.05) is 12.3 Å². The first-order chi connectivity index (χ1) is 9.72. The molecule has 1 atom stereocenters. The molecular formula is C16H17ClN2S. The number of hydrogen-bond acceptors (Lipinski definition) is 2. The number of para-hydroxylation sites is 1. The lowest BCUT2D eigenvalue weighted by Gasteiger charge is -2.16. The Morgan fingerprint density at radius 2 is 2.20 bits per heavy atom. The number of aromatic nitrogens is 2. The van der Waals surface area contributed by atoms with Gasteiger partial charge in [-0.2, -0.15) is 11.3 Å². The fourth-order valence-electron chi connectivity index (χ4n) is 2.66. The molecular weight excluding hydrogens is 288 g/mol. The molecule has 0 aliphatic heterocycles. The van der Waals surface area contributed by atoms with Crippen LogP contribution in [-0.4, -0.2) is 15.4 Å². The summed E-state index contributed by atoms with van der Waals surface area (Å²) >= 11 is 7.69. The molecule has 0 aliphatic carbocycles. The maximum atomic E-state index is 5.95. The molecule has 0 bridgehead atoms. The van der Waals surface area contributed by atoms with Crippen molar-refractivity contribution in [1.82, 2.24) is 9.55 Å². The molecule has 2 nitrogen and oxygen atoms in total. The van der Waals surface area contributed by atoms with Crippen LogP contribution in [0.1, 0.15) is 29.9 Å².